The Morgan fingerprint density at radius 2 is 2.00 bits per heavy atom. The van der Waals surface area contributed by atoms with Gasteiger partial charge in [-0.3, -0.25) is 9.88 Å². The summed E-state index contributed by atoms with van der Waals surface area (Å²) in [4.78, 5) is 7.22. The lowest BCUT2D eigenvalue weighted by Gasteiger charge is -2.50. The zero-order valence-electron chi connectivity index (χ0n) is 11.1. The molecule has 2 fully saturated rings. The molecule has 3 nitrogen and oxygen atoms in total. The molecule has 2 N–H and O–H groups in total. The number of pyridine rings is 1. The van der Waals surface area contributed by atoms with E-state index in [1.807, 2.05) is 12.3 Å². The molecule has 2 aliphatic rings. The first kappa shape index (κ1) is 12.1. The van der Waals surface area contributed by atoms with E-state index in [-0.39, 0.29) is 0 Å². The van der Waals surface area contributed by atoms with Gasteiger partial charge in [0.15, 0.2) is 0 Å². The van der Waals surface area contributed by atoms with Gasteiger partial charge in [-0.2, -0.15) is 0 Å². The summed E-state index contributed by atoms with van der Waals surface area (Å²) in [6.07, 6.45) is 8.20. The zero-order chi connectivity index (χ0) is 12.5. The first-order valence-corrected chi connectivity index (χ1v) is 7.19. The van der Waals surface area contributed by atoms with Crippen molar-refractivity contribution in [3.8, 4) is 0 Å². The molecule has 2 saturated heterocycles. The van der Waals surface area contributed by atoms with Gasteiger partial charge in [-0.1, -0.05) is 12.5 Å². The summed E-state index contributed by atoms with van der Waals surface area (Å²) in [5.41, 5.74) is 7.38. The lowest BCUT2D eigenvalue weighted by molar-refractivity contribution is -0.00179. The van der Waals surface area contributed by atoms with Crippen LogP contribution in [0, 0.1) is 0 Å². The Morgan fingerprint density at radius 1 is 1.28 bits per heavy atom. The summed E-state index contributed by atoms with van der Waals surface area (Å²) in [5, 5.41) is 0. The minimum Gasteiger partial charge on any atom is -0.328 e. The van der Waals surface area contributed by atoms with E-state index < -0.39 is 0 Å². The fourth-order valence-corrected chi connectivity index (χ4v) is 3.87. The fraction of sp³-hybridized carbons (Fsp3) is 0.667. The zero-order valence-corrected chi connectivity index (χ0v) is 11.1. The molecular formula is C15H23N3. The molecule has 1 aromatic heterocycles. The summed E-state index contributed by atoms with van der Waals surface area (Å²) in [6, 6.07) is 8.40. The first-order chi connectivity index (χ1) is 8.75. The molecule has 2 bridgehead atoms. The smallest absolute Gasteiger partial charge is 0.0572 e. The molecule has 2 aliphatic heterocycles. The first-order valence-electron chi connectivity index (χ1n) is 7.19. The Morgan fingerprint density at radius 3 is 2.61 bits per heavy atom. The van der Waals surface area contributed by atoms with Gasteiger partial charge in [-0.05, 0) is 44.7 Å². The van der Waals surface area contributed by atoms with E-state index in [2.05, 4.69) is 28.9 Å². The van der Waals surface area contributed by atoms with Crippen LogP contribution in [0.3, 0.4) is 0 Å². The molecule has 3 heterocycles. The van der Waals surface area contributed by atoms with Gasteiger partial charge in [0.25, 0.3) is 0 Å². The van der Waals surface area contributed by atoms with Crippen molar-refractivity contribution < 1.29 is 0 Å². The van der Waals surface area contributed by atoms with E-state index in [1.54, 1.807) is 0 Å². The highest BCUT2D eigenvalue weighted by Gasteiger charge is 2.39. The van der Waals surface area contributed by atoms with Crippen LogP contribution in [0.25, 0.3) is 0 Å². The van der Waals surface area contributed by atoms with Crippen LogP contribution >= 0.6 is 0 Å². The van der Waals surface area contributed by atoms with Crippen LogP contribution in [-0.2, 0) is 0 Å². The molecule has 1 aromatic rings. The Labute approximate surface area is 109 Å². The molecule has 0 radical (unpaired) electrons. The summed E-state index contributed by atoms with van der Waals surface area (Å²) < 4.78 is 0. The summed E-state index contributed by atoms with van der Waals surface area (Å²) in [6.45, 7) is 2.30. The molecule has 0 amide bonds. The summed E-state index contributed by atoms with van der Waals surface area (Å²) in [7, 11) is 0. The van der Waals surface area contributed by atoms with E-state index >= 15 is 0 Å². The van der Waals surface area contributed by atoms with Crippen LogP contribution in [0.1, 0.15) is 50.8 Å². The maximum absolute atomic E-state index is 6.18. The maximum atomic E-state index is 6.18. The number of hydrogen-bond donors (Lipinski definition) is 1. The van der Waals surface area contributed by atoms with Gasteiger partial charge in [0, 0.05) is 30.4 Å². The van der Waals surface area contributed by atoms with E-state index in [4.69, 9.17) is 5.73 Å². The van der Waals surface area contributed by atoms with Gasteiger partial charge in [-0.25, -0.2) is 0 Å². The van der Waals surface area contributed by atoms with E-state index in [1.165, 1.54) is 25.0 Å². The number of nitrogens with two attached hydrogens (primary N) is 1. The summed E-state index contributed by atoms with van der Waals surface area (Å²) >= 11 is 0. The highest BCUT2D eigenvalue weighted by Crippen LogP contribution is 2.38. The van der Waals surface area contributed by atoms with Crippen molar-refractivity contribution in [1.29, 1.82) is 0 Å². The Bertz CT molecular complexity index is 378. The highest BCUT2D eigenvalue weighted by molar-refractivity contribution is 5.10. The minimum absolute atomic E-state index is 0.410. The van der Waals surface area contributed by atoms with Crippen LogP contribution < -0.4 is 5.73 Å². The van der Waals surface area contributed by atoms with Crippen molar-refractivity contribution in [2.45, 2.75) is 63.2 Å². The van der Waals surface area contributed by atoms with Gasteiger partial charge in [0.2, 0.25) is 0 Å². The number of hydrogen-bond acceptors (Lipinski definition) is 3. The number of nitrogens with zero attached hydrogens (tertiary/aromatic N) is 2. The van der Waals surface area contributed by atoms with Gasteiger partial charge >= 0.3 is 0 Å². The third kappa shape index (κ3) is 2.17. The van der Waals surface area contributed by atoms with E-state index in [0.717, 1.165) is 12.8 Å². The minimum atomic E-state index is 0.410. The molecule has 3 rings (SSSR count). The quantitative estimate of drug-likeness (QED) is 0.870. The standard InChI is InChI=1S/C15H23N3/c1-11(15-7-2-3-8-17-15)18-13-5-4-6-14(18)10-12(16)9-13/h2-3,7-8,11-14H,4-6,9-10,16H2,1H3. The molecule has 0 saturated carbocycles. The van der Waals surface area contributed by atoms with Crippen molar-refractivity contribution in [2.24, 2.45) is 5.73 Å². The molecule has 3 atom stereocenters. The molecule has 18 heavy (non-hydrogen) atoms. The normalized spacial score (nSPS) is 34.2. The van der Waals surface area contributed by atoms with Gasteiger partial charge < -0.3 is 5.73 Å². The number of aromatic nitrogens is 1. The molecular weight excluding hydrogens is 222 g/mol. The average molecular weight is 245 g/mol. The van der Waals surface area contributed by atoms with Crippen LogP contribution in [0.15, 0.2) is 24.4 Å². The van der Waals surface area contributed by atoms with Crippen LogP contribution in [0.2, 0.25) is 0 Å². The molecule has 0 aliphatic carbocycles. The second-order valence-electron chi connectivity index (χ2n) is 5.85. The lowest BCUT2D eigenvalue weighted by atomic mass is 9.81. The number of piperidine rings is 2. The number of rotatable bonds is 2. The Balaban J connectivity index is 1.83. The van der Waals surface area contributed by atoms with Crippen LogP contribution in [-0.4, -0.2) is 28.0 Å². The predicted molar refractivity (Wildman–Crippen MR) is 73.1 cm³/mol. The Kier molecular flexibility index (Phi) is 3.35. The van der Waals surface area contributed by atoms with Crippen molar-refractivity contribution in [3.05, 3.63) is 30.1 Å². The van der Waals surface area contributed by atoms with Gasteiger partial charge in [0.05, 0.1) is 5.69 Å². The molecule has 0 aromatic carbocycles. The van der Waals surface area contributed by atoms with Crippen LogP contribution in [0.4, 0.5) is 0 Å². The monoisotopic (exact) mass is 245 g/mol. The second-order valence-corrected chi connectivity index (χ2v) is 5.85. The van der Waals surface area contributed by atoms with Gasteiger partial charge in [-0.15, -0.1) is 0 Å². The Hall–Kier alpha value is -0.930. The van der Waals surface area contributed by atoms with Crippen molar-refractivity contribution in [3.63, 3.8) is 0 Å². The fourth-order valence-electron chi connectivity index (χ4n) is 3.87. The molecule has 3 unspecified atom stereocenters. The van der Waals surface area contributed by atoms with Crippen molar-refractivity contribution >= 4 is 0 Å². The SMILES string of the molecule is CC(c1ccccn1)N1C2CCCC1CC(N)C2. The average Bonchev–Trinajstić information content (AvgIpc) is 2.38. The van der Waals surface area contributed by atoms with Crippen molar-refractivity contribution in [1.82, 2.24) is 9.88 Å². The number of fused-ring (bicyclic) bond motifs is 2. The molecule has 3 heteroatoms. The third-order valence-electron chi connectivity index (χ3n) is 4.63. The molecule has 0 spiro atoms. The van der Waals surface area contributed by atoms with Crippen LogP contribution in [0.5, 0.6) is 0 Å². The van der Waals surface area contributed by atoms with Gasteiger partial charge in [0.1, 0.15) is 0 Å². The van der Waals surface area contributed by atoms with E-state index in [0.29, 0.717) is 24.2 Å². The highest BCUT2D eigenvalue weighted by atomic mass is 15.2. The summed E-state index contributed by atoms with van der Waals surface area (Å²) in [5.74, 6) is 0. The third-order valence-corrected chi connectivity index (χ3v) is 4.63. The maximum Gasteiger partial charge on any atom is 0.0572 e. The second kappa shape index (κ2) is 4.98. The predicted octanol–water partition coefficient (Wildman–Crippen LogP) is 2.49. The topological polar surface area (TPSA) is 42.2 Å². The molecule has 98 valence electrons. The van der Waals surface area contributed by atoms with Crippen molar-refractivity contribution in [2.75, 3.05) is 0 Å². The largest absolute Gasteiger partial charge is 0.328 e. The lowest BCUT2D eigenvalue weighted by Crippen LogP contribution is -2.55. The van der Waals surface area contributed by atoms with E-state index in [9.17, 15) is 0 Å².